The Kier molecular flexibility index (Phi) is 4.10. The highest BCUT2D eigenvalue weighted by Crippen LogP contribution is 2.39. The summed E-state index contributed by atoms with van der Waals surface area (Å²) >= 11 is 0. The third-order valence-electron chi connectivity index (χ3n) is 4.59. The average Bonchev–Trinajstić information content (AvgIpc) is 2.48. The lowest BCUT2D eigenvalue weighted by Gasteiger charge is -2.43. The smallest absolute Gasteiger partial charge is 0.329 e. The monoisotopic (exact) mass is 307 g/mol. The highest BCUT2D eigenvalue weighted by atomic mass is 16.6. The molecule has 3 rings (SSSR count). The Morgan fingerprint density at radius 3 is 2.86 bits per heavy atom. The van der Waals surface area contributed by atoms with Crippen LogP contribution in [-0.2, 0) is 4.74 Å². The Labute approximate surface area is 128 Å². The Morgan fingerprint density at radius 1 is 1.41 bits per heavy atom. The molecule has 0 aromatic carbocycles. The summed E-state index contributed by atoms with van der Waals surface area (Å²) in [6, 6.07) is 0.215. The van der Waals surface area contributed by atoms with Crippen molar-refractivity contribution in [2.24, 2.45) is 0 Å². The van der Waals surface area contributed by atoms with Gasteiger partial charge in [0.05, 0.1) is 10.5 Å². The van der Waals surface area contributed by atoms with E-state index in [2.05, 4.69) is 15.3 Å². The van der Waals surface area contributed by atoms with Crippen LogP contribution in [0.5, 0.6) is 0 Å². The number of nitrogens with one attached hydrogen (secondary N) is 1. The first-order chi connectivity index (χ1) is 10.6. The van der Waals surface area contributed by atoms with Gasteiger partial charge in [-0.15, -0.1) is 0 Å². The zero-order valence-corrected chi connectivity index (χ0v) is 12.5. The normalized spacial score (nSPS) is 24.1. The number of anilines is 2. The zero-order valence-electron chi connectivity index (χ0n) is 12.5. The van der Waals surface area contributed by atoms with Crippen molar-refractivity contribution in [2.45, 2.75) is 56.6 Å². The Balaban J connectivity index is 1.67. The molecule has 0 radical (unpaired) electrons. The Morgan fingerprint density at radius 2 is 2.18 bits per heavy atom. The molecule has 8 nitrogen and oxygen atoms in total. The fourth-order valence-corrected chi connectivity index (χ4v) is 3.48. The van der Waals surface area contributed by atoms with Crippen molar-refractivity contribution in [3.63, 3.8) is 0 Å². The average molecular weight is 307 g/mol. The van der Waals surface area contributed by atoms with Crippen LogP contribution >= 0.6 is 0 Å². The van der Waals surface area contributed by atoms with Gasteiger partial charge < -0.3 is 15.8 Å². The van der Waals surface area contributed by atoms with E-state index in [1.54, 1.807) is 0 Å². The molecule has 1 aliphatic heterocycles. The van der Waals surface area contributed by atoms with Crippen molar-refractivity contribution >= 4 is 17.5 Å². The van der Waals surface area contributed by atoms with E-state index < -0.39 is 4.92 Å². The summed E-state index contributed by atoms with van der Waals surface area (Å²) in [6.45, 7) is 0.722. The van der Waals surface area contributed by atoms with Crippen LogP contribution in [0.25, 0.3) is 0 Å². The van der Waals surface area contributed by atoms with E-state index in [4.69, 9.17) is 10.5 Å². The number of nitrogens with zero attached hydrogens (tertiary/aromatic N) is 3. The standard InChI is InChI=1S/C14H21N5O3/c15-12-11(19(20)21)9-16-13(18-12)17-10-4-7-22-14(8-10)5-2-1-3-6-14/h9-10H,1-8H2,(H3,15,16,17,18). The number of nitrogens with two attached hydrogens (primary N) is 1. The molecule has 0 bridgehead atoms. The number of hydrogen-bond acceptors (Lipinski definition) is 7. The van der Waals surface area contributed by atoms with Gasteiger partial charge in [-0.3, -0.25) is 10.1 Å². The summed E-state index contributed by atoms with van der Waals surface area (Å²) in [7, 11) is 0. The van der Waals surface area contributed by atoms with E-state index >= 15 is 0 Å². The number of hydrogen-bond donors (Lipinski definition) is 2. The summed E-state index contributed by atoms with van der Waals surface area (Å²) < 4.78 is 6.05. The second-order valence-electron chi connectivity index (χ2n) is 6.15. The molecule has 3 N–H and O–H groups in total. The molecule has 2 aliphatic rings. The van der Waals surface area contributed by atoms with E-state index in [0.29, 0.717) is 5.95 Å². The molecule has 1 aromatic rings. The van der Waals surface area contributed by atoms with Crippen molar-refractivity contribution < 1.29 is 9.66 Å². The van der Waals surface area contributed by atoms with Gasteiger partial charge in [-0.05, 0) is 25.7 Å². The van der Waals surface area contributed by atoms with Crippen LogP contribution < -0.4 is 11.1 Å². The van der Waals surface area contributed by atoms with Gasteiger partial charge in [0.1, 0.15) is 6.20 Å². The molecule has 1 saturated carbocycles. The van der Waals surface area contributed by atoms with Crippen LogP contribution in [0.2, 0.25) is 0 Å². The van der Waals surface area contributed by atoms with E-state index in [0.717, 1.165) is 38.5 Å². The van der Waals surface area contributed by atoms with Gasteiger partial charge in [0, 0.05) is 12.6 Å². The Bertz CT molecular complexity index is 554. The molecular formula is C14H21N5O3. The van der Waals surface area contributed by atoms with Crippen LogP contribution in [0, 0.1) is 10.1 Å². The largest absolute Gasteiger partial charge is 0.378 e. The summed E-state index contributed by atoms with van der Waals surface area (Å²) in [5.74, 6) is 0.239. The molecule has 1 spiro atoms. The predicted molar refractivity (Wildman–Crippen MR) is 81.5 cm³/mol. The van der Waals surface area contributed by atoms with Gasteiger partial charge in [-0.1, -0.05) is 19.3 Å². The molecule has 1 atom stereocenters. The first kappa shape index (κ1) is 15.0. The molecule has 1 aromatic heterocycles. The van der Waals surface area contributed by atoms with Gasteiger partial charge >= 0.3 is 5.69 Å². The predicted octanol–water partition coefficient (Wildman–Crippen LogP) is 2.26. The van der Waals surface area contributed by atoms with E-state index in [-0.39, 0.29) is 23.1 Å². The summed E-state index contributed by atoms with van der Waals surface area (Å²) in [5.41, 5.74) is 5.33. The van der Waals surface area contributed by atoms with E-state index in [1.807, 2.05) is 0 Å². The lowest BCUT2D eigenvalue weighted by Crippen LogP contribution is -2.45. The summed E-state index contributed by atoms with van der Waals surface area (Å²) in [6.07, 6.45) is 8.88. The highest BCUT2D eigenvalue weighted by molar-refractivity contribution is 5.53. The fourth-order valence-electron chi connectivity index (χ4n) is 3.48. The lowest BCUT2D eigenvalue weighted by molar-refractivity contribution is -0.384. The van der Waals surface area contributed by atoms with Crippen molar-refractivity contribution in [2.75, 3.05) is 17.7 Å². The van der Waals surface area contributed by atoms with E-state index in [9.17, 15) is 10.1 Å². The van der Waals surface area contributed by atoms with Gasteiger partial charge in [-0.25, -0.2) is 4.98 Å². The topological polar surface area (TPSA) is 116 Å². The number of rotatable bonds is 3. The lowest BCUT2D eigenvalue weighted by atomic mass is 9.78. The third-order valence-corrected chi connectivity index (χ3v) is 4.59. The second-order valence-corrected chi connectivity index (χ2v) is 6.15. The van der Waals surface area contributed by atoms with Crippen molar-refractivity contribution in [3.05, 3.63) is 16.3 Å². The third kappa shape index (κ3) is 3.11. The van der Waals surface area contributed by atoms with Gasteiger partial charge in [0.25, 0.3) is 0 Å². The van der Waals surface area contributed by atoms with Crippen LogP contribution in [0.1, 0.15) is 44.9 Å². The van der Waals surface area contributed by atoms with Crippen LogP contribution in [0.4, 0.5) is 17.5 Å². The minimum Gasteiger partial charge on any atom is -0.378 e. The molecule has 1 saturated heterocycles. The van der Waals surface area contributed by atoms with Gasteiger partial charge in [0.2, 0.25) is 11.8 Å². The van der Waals surface area contributed by atoms with E-state index in [1.165, 1.54) is 19.3 Å². The SMILES string of the molecule is Nc1nc(NC2CCOC3(CCCCC3)C2)ncc1[N+](=O)[O-]. The molecule has 120 valence electrons. The summed E-state index contributed by atoms with van der Waals surface area (Å²) in [4.78, 5) is 18.2. The second kappa shape index (κ2) is 6.04. The Hall–Kier alpha value is -1.96. The zero-order chi connectivity index (χ0) is 15.6. The summed E-state index contributed by atoms with van der Waals surface area (Å²) in [5, 5.41) is 14.0. The maximum Gasteiger partial charge on any atom is 0.329 e. The van der Waals surface area contributed by atoms with Crippen molar-refractivity contribution in [3.8, 4) is 0 Å². The molecule has 1 aliphatic carbocycles. The first-order valence-electron chi connectivity index (χ1n) is 7.75. The maximum atomic E-state index is 10.7. The molecular weight excluding hydrogens is 286 g/mol. The number of ether oxygens (including phenoxy) is 1. The minimum atomic E-state index is -0.579. The van der Waals surface area contributed by atoms with Crippen molar-refractivity contribution in [1.82, 2.24) is 9.97 Å². The number of aromatic nitrogens is 2. The van der Waals surface area contributed by atoms with Crippen LogP contribution in [-0.4, -0.2) is 33.1 Å². The van der Waals surface area contributed by atoms with Crippen LogP contribution in [0.15, 0.2) is 6.20 Å². The van der Waals surface area contributed by atoms with Gasteiger partial charge in [-0.2, -0.15) is 4.98 Å². The number of nitro groups is 1. The molecule has 2 fully saturated rings. The molecule has 2 heterocycles. The first-order valence-corrected chi connectivity index (χ1v) is 7.75. The van der Waals surface area contributed by atoms with Crippen molar-refractivity contribution in [1.29, 1.82) is 0 Å². The molecule has 0 amide bonds. The maximum absolute atomic E-state index is 10.7. The van der Waals surface area contributed by atoms with Crippen LogP contribution in [0.3, 0.4) is 0 Å². The quantitative estimate of drug-likeness (QED) is 0.649. The highest BCUT2D eigenvalue weighted by Gasteiger charge is 2.38. The molecule has 1 unspecified atom stereocenters. The number of nitrogen functional groups attached to an aromatic ring is 1. The fraction of sp³-hybridized carbons (Fsp3) is 0.714. The minimum absolute atomic E-state index is 0.0134. The van der Waals surface area contributed by atoms with Gasteiger partial charge in [0.15, 0.2) is 0 Å². The molecule has 8 heteroatoms. The molecule has 22 heavy (non-hydrogen) atoms.